The fourth-order valence-corrected chi connectivity index (χ4v) is 3.25. The average Bonchev–Trinajstić information content (AvgIpc) is 2.89. The summed E-state index contributed by atoms with van der Waals surface area (Å²) in [7, 11) is 0. The Bertz CT molecular complexity index is 441. The normalized spacial score (nSPS) is 27.0. The van der Waals surface area contributed by atoms with Gasteiger partial charge in [-0.2, -0.15) is 0 Å². The number of hydrogen-bond donors (Lipinski definition) is 1. The van der Waals surface area contributed by atoms with Crippen LogP contribution in [0.25, 0.3) is 0 Å². The third kappa shape index (κ3) is 2.01. The highest BCUT2D eigenvalue weighted by molar-refractivity contribution is 5.46. The van der Waals surface area contributed by atoms with E-state index in [1.165, 1.54) is 36.6 Å². The van der Waals surface area contributed by atoms with Crippen LogP contribution in [0.3, 0.4) is 0 Å². The van der Waals surface area contributed by atoms with Crippen LogP contribution in [0.15, 0.2) is 12.1 Å². The first-order valence-corrected chi connectivity index (χ1v) is 7.11. The summed E-state index contributed by atoms with van der Waals surface area (Å²) in [6, 6.07) is 5.13. The number of pyridine rings is 1. The Labute approximate surface area is 110 Å². The lowest BCUT2D eigenvalue weighted by Gasteiger charge is -2.25. The predicted molar refractivity (Wildman–Crippen MR) is 75.2 cm³/mol. The van der Waals surface area contributed by atoms with E-state index in [-0.39, 0.29) is 0 Å². The van der Waals surface area contributed by atoms with E-state index >= 15 is 0 Å². The highest BCUT2D eigenvalue weighted by atomic mass is 15.3. The summed E-state index contributed by atoms with van der Waals surface area (Å²) >= 11 is 0. The first kappa shape index (κ1) is 12.0. The van der Waals surface area contributed by atoms with Crippen LogP contribution >= 0.6 is 0 Å². The zero-order valence-electron chi connectivity index (χ0n) is 11.6. The van der Waals surface area contributed by atoms with E-state index in [1.54, 1.807) is 0 Å². The minimum Gasteiger partial charge on any atom is -0.352 e. The van der Waals surface area contributed by atoms with Crippen LogP contribution in [-0.4, -0.2) is 30.7 Å². The molecule has 2 saturated heterocycles. The van der Waals surface area contributed by atoms with Gasteiger partial charge in [0.1, 0.15) is 5.82 Å². The van der Waals surface area contributed by atoms with Gasteiger partial charge in [-0.15, -0.1) is 0 Å². The summed E-state index contributed by atoms with van der Waals surface area (Å²) in [5.41, 5.74) is 2.55. The Balaban J connectivity index is 1.92. The molecule has 2 fully saturated rings. The maximum absolute atomic E-state index is 4.87. The van der Waals surface area contributed by atoms with Crippen molar-refractivity contribution in [2.75, 3.05) is 24.5 Å². The van der Waals surface area contributed by atoms with Crippen molar-refractivity contribution in [3.05, 3.63) is 23.4 Å². The van der Waals surface area contributed by atoms with Crippen molar-refractivity contribution in [3.63, 3.8) is 0 Å². The second kappa shape index (κ2) is 4.54. The summed E-state index contributed by atoms with van der Waals surface area (Å²) < 4.78 is 0. The number of aromatic nitrogens is 1. The molecule has 1 aromatic rings. The molecule has 1 N–H and O–H groups in total. The molecule has 0 radical (unpaired) electrons. The molecule has 0 bridgehead atoms. The van der Waals surface area contributed by atoms with Gasteiger partial charge in [0.15, 0.2) is 0 Å². The van der Waals surface area contributed by atoms with Gasteiger partial charge < -0.3 is 10.2 Å². The zero-order valence-corrected chi connectivity index (χ0v) is 11.6. The molecule has 2 aliphatic heterocycles. The van der Waals surface area contributed by atoms with Gasteiger partial charge >= 0.3 is 0 Å². The van der Waals surface area contributed by atoms with E-state index in [0.29, 0.717) is 12.0 Å². The van der Waals surface area contributed by atoms with Crippen molar-refractivity contribution < 1.29 is 0 Å². The topological polar surface area (TPSA) is 28.2 Å². The highest BCUT2D eigenvalue weighted by Gasteiger charge is 2.38. The smallest absolute Gasteiger partial charge is 0.129 e. The third-order valence-corrected chi connectivity index (χ3v) is 4.31. The number of hydrogen-bond acceptors (Lipinski definition) is 3. The Kier molecular flexibility index (Phi) is 3.02. The molecule has 0 amide bonds. The molecule has 3 rings (SSSR count). The largest absolute Gasteiger partial charge is 0.352 e. The fraction of sp³-hybridized carbons (Fsp3) is 0.667. The molecule has 0 unspecified atom stereocenters. The predicted octanol–water partition coefficient (Wildman–Crippen LogP) is 2.31. The van der Waals surface area contributed by atoms with Gasteiger partial charge in [0.05, 0.1) is 0 Å². The van der Waals surface area contributed by atoms with Gasteiger partial charge in [0, 0.05) is 31.4 Å². The second-order valence-electron chi connectivity index (χ2n) is 6.05. The fourth-order valence-electron chi connectivity index (χ4n) is 3.25. The third-order valence-electron chi connectivity index (χ3n) is 4.31. The first-order valence-electron chi connectivity index (χ1n) is 7.11. The van der Waals surface area contributed by atoms with E-state index in [4.69, 9.17) is 4.98 Å². The van der Waals surface area contributed by atoms with E-state index in [9.17, 15) is 0 Å². The lowest BCUT2D eigenvalue weighted by molar-refractivity contribution is 0.577. The van der Waals surface area contributed by atoms with Gasteiger partial charge in [-0.1, -0.05) is 13.8 Å². The SMILES string of the molecule is Cc1cc(C(C)C)nc(N2CC[C@H]3CNC[C@@H]32)c1. The summed E-state index contributed by atoms with van der Waals surface area (Å²) in [5.74, 6) is 2.52. The van der Waals surface area contributed by atoms with Crippen LogP contribution in [0.1, 0.15) is 37.4 Å². The Hall–Kier alpha value is -1.09. The van der Waals surface area contributed by atoms with E-state index < -0.39 is 0 Å². The molecular formula is C15H23N3. The number of nitrogens with one attached hydrogen (secondary N) is 1. The number of rotatable bonds is 2. The van der Waals surface area contributed by atoms with E-state index in [1.807, 2.05) is 0 Å². The number of nitrogens with zero attached hydrogens (tertiary/aromatic N) is 2. The lowest BCUT2D eigenvalue weighted by atomic mass is 10.0. The minimum atomic E-state index is 0.503. The van der Waals surface area contributed by atoms with Crippen molar-refractivity contribution in [1.82, 2.24) is 10.3 Å². The van der Waals surface area contributed by atoms with Gasteiger partial charge in [-0.3, -0.25) is 0 Å². The molecule has 2 aliphatic rings. The van der Waals surface area contributed by atoms with Crippen molar-refractivity contribution in [2.24, 2.45) is 5.92 Å². The first-order chi connectivity index (χ1) is 8.65. The average molecular weight is 245 g/mol. The molecule has 3 heteroatoms. The number of anilines is 1. The summed E-state index contributed by atoms with van der Waals surface area (Å²) in [6.45, 7) is 10.1. The van der Waals surface area contributed by atoms with Crippen molar-refractivity contribution >= 4 is 5.82 Å². The van der Waals surface area contributed by atoms with Crippen LogP contribution in [0.2, 0.25) is 0 Å². The maximum Gasteiger partial charge on any atom is 0.129 e. The van der Waals surface area contributed by atoms with Gasteiger partial charge in [-0.25, -0.2) is 4.98 Å². The van der Waals surface area contributed by atoms with Crippen molar-refractivity contribution in [1.29, 1.82) is 0 Å². The summed E-state index contributed by atoms with van der Waals surface area (Å²) in [5, 5.41) is 3.51. The van der Waals surface area contributed by atoms with Gasteiger partial charge in [-0.05, 0) is 42.9 Å². The molecule has 3 heterocycles. The second-order valence-corrected chi connectivity index (χ2v) is 6.05. The van der Waals surface area contributed by atoms with Crippen LogP contribution < -0.4 is 10.2 Å². The quantitative estimate of drug-likeness (QED) is 0.866. The molecular weight excluding hydrogens is 222 g/mol. The zero-order chi connectivity index (χ0) is 12.7. The van der Waals surface area contributed by atoms with E-state index in [0.717, 1.165) is 12.5 Å². The molecule has 3 nitrogen and oxygen atoms in total. The molecule has 98 valence electrons. The van der Waals surface area contributed by atoms with Crippen LogP contribution in [0.4, 0.5) is 5.82 Å². The Morgan fingerprint density at radius 2 is 2.17 bits per heavy atom. The molecule has 1 aromatic heterocycles. The molecule has 0 aliphatic carbocycles. The van der Waals surface area contributed by atoms with E-state index in [2.05, 4.69) is 43.1 Å². The Morgan fingerprint density at radius 1 is 1.33 bits per heavy atom. The molecule has 18 heavy (non-hydrogen) atoms. The van der Waals surface area contributed by atoms with Crippen LogP contribution in [0, 0.1) is 12.8 Å². The Morgan fingerprint density at radius 3 is 2.94 bits per heavy atom. The highest BCUT2D eigenvalue weighted by Crippen LogP contribution is 2.32. The lowest BCUT2D eigenvalue weighted by Crippen LogP contribution is -2.34. The summed E-state index contributed by atoms with van der Waals surface area (Å²) in [4.78, 5) is 7.39. The number of fused-ring (bicyclic) bond motifs is 1. The molecule has 0 saturated carbocycles. The van der Waals surface area contributed by atoms with Crippen molar-refractivity contribution in [2.45, 2.75) is 39.2 Å². The minimum absolute atomic E-state index is 0.503. The molecule has 0 aromatic carbocycles. The molecule has 2 atom stereocenters. The monoisotopic (exact) mass is 245 g/mol. The summed E-state index contributed by atoms with van der Waals surface area (Å²) in [6.07, 6.45) is 1.31. The number of aryl methyl sites for hydroxylation is 1. The van der Waals surface area contributed by atoms with Gasteiger partial charge in [0.2, 0.25) is 0 Å². The van der Waals surface area contributed by atoms with Gasteiger partial charge in [0.25, 0.3) is 0 Å². The maximum atomic E-state index is 4.87. The standard InChI is InChI=1S/C15H23N3/c1-10(2)13-6-11(3)7-15(17-13)18-5-4-12-8-16-9-14(12)18/h6-7,10,12,14,16H,4-5,8-9H2,1-3H3/t12-,14-/m0/s1. The molecule has 0 spiro atoms. The van der Waals surface area contributed by atoms with Crippen LogP contribution in [0.5, 0.6) is 0 Å². The van der Waals surface area contributed by atoms with Crippen LogP contribution in [-0.2, 0) is 0 Å². The van der Waals surface area contributed by atoms with Crippen molar-refractivity contribution in [3.8, 4) is 0 Å².